The minimum atomic E-state index is -0.510. The van der Waals surface area contributed by atoms with E-state index in [-0.39, 0.29) is 18.4 Å². The molecule has 0 saturated carbocycles. The van der Waals surface area contributed by atoms with Crippen molar-refractivity contribution in [2.75, 3.05) is 13.2 Å². The lowest BCUT2D eigenvalue weighted by molar-refractivity contribution is -0.156. The summed E-state index contributed by atoms with van der Waals surface area (Å²) < 4.78 is 11.3. The molecule has 0 heterocycles. The van der Waals surface area contributed by atoms with E-state index in [1.165, 1.54) is 5.56 Å². The number of unbranched alkanes of at least 4 members (excludes halogenated alkanes) is 2. The highest BCUT2D eigenvalue weighted by Crippen LogP contribution is 2.20. The van der Waals surface area contributed by atoms with E-state index in [0.717, 1.165) is 56.9 Å². The van der Waals surface area contributed by atoms with Gasteiger partial charge in [-0.05, 0) is 43.6 Å². The van der Waals surface area contributed by atoms with Crippen molar-refractivity contribution in [2.45, 2.75) is 98.8 Å². The third-order valence-electron chi connectivity index (χ3n) is 6.38. The lowest BCUT2D eigenvalue weighted by Crippen LogP contribution is -2.26. The van der Waals surface area contributed by atoms with E-state index in [1.807, 2.05) is 31.2 Å². The highest BCUT2D eigenvalue weighted by Gasteiger charge is 2.26. The molecule has 4 heteroatoms. The minimum absolute atomic E-state index is 0.0721. The molecule has 1 rings (SSSR count). The first kappa shape index (κ1) is 28.2. The molecule has 3 unspecified atom stereocenters. The summed E-state index contributed by atoms with van der Waals surface area (Å²) in [6, 6.07) is 8.12. The fourth-order valence-electron chi connectivity index (χ4n) is 3.83. The highest BCUT2D eigenvalue weighted by molar-refractivity contribution is 5.80. The van der Waals surface area contributed by atoms with Gasteiger partial charge < -0.3 is 9.47 Å². The number of rotatable bonds is 17. The predicted octanol–water partition coefficient (Wildman–Crippen LogP) is 7.06. The number of carbonyl (C=O) groups excluding carboxylic acids is 2. The average molecular weight is 447 g/mol. The van der Waals surface area contributed by atoms with Gasteiger partial charge in [-0.1, -0.05) is 96.0 Å². The van der Waals surface area contributed by atoms with Crippen LogP contribution >= 0.6 is 0 Å². The molecule has 182 valence electrons. The lowest BCUT2D eigenvalue weighted by atomic mass is 9.95. The molecule has 0 amide bonds. The van der Waals surface area contributed by atoms with Gasteiger partial charge in [0.15, 0.2) is 0 Å². The number of hydrogen-bond acceptors (Lipinski definition) is 4. The Balaban J connectivity index is 2.73. The fourth-order valence-corrected chi connectivity index (χ4v) is 3.83. The molecule has 1 aromatic rings. The van der Waals surface area contributed by atoms with E-state index in [2.05, 4.69) is 27.7 Å². The van der Waals surface area contributed by atoms with Crippen LogP contribution < -0.4 is 0 Å². The maximum Gasteiger partial charge on any atom is 0.309 e. The van der Waals surface area contributed by atoms with Crippen LogP contribution in [0.4, 0.5) is 0 Å². The molecular formula is C28H46O4. The molecule has 4 nitrogen and oxygen atoms in total. The van der Waals surface area contributed by atoms with E-state index in [4.69, 9.17) is 9.47 Å². The SMILES string of the molecule is CCCCC(CC)COC(=O)CC(Cc1ccc(C)cc1)C(=O)OCC(CC)CCCC. The molecule has 0 N–H and O–H groups in total. The van der Waals surface area contributed by atoms with E-state index in [0.29, 0.717) is 31.5 Å². The second kappa shape index (κ2) is 16.7. The Morgan fingerprint density at radius 3 is 1.84 bits per heavy atom. The average Bonchev–Trinajstić information content (AvgIpc) is 2.80. The van der Waals surface area contributed by atoms with Crippen molar-refractivity contribution in [1.82, 2.24) is 0 Å². The van der Waals surface area contributed by atoms with Crippen LogP contribution in [-0.2, 0) is 25.5 Å². The summed E-state index contributed by atoms with van der Waals surface area (Å²) in [5.74, 6) is -0.313. The van der Waals surface area contributed by atoms with Crippen LogP contribution in [-0.4, -0.2) is 25.2 Å². The molecule has 0 radical (unpaired) electrons. The number of carbonyl (C=O) groups is 2. The molecule has 0 aliphatic carbocycles. The van der Waals surface area contributed by atoms with Crippen molar-refractivity contribution in [3.63, 3.8) is 0 Å². The number of aryl methyl sites for hydroxylation is 1. The first-order valence-electron chi connectivity index (χ1n) is 12.8. The summed E-state index contributed by atoms with van der Waals surface area (Å²) in [4.78, 5) is 25.6. The molecule has 0 bridgehead atoms. The monoisotopic (exact) mass is 446 g/mol. The Morgan fingerprint density at radius 2 is 1.34 bits per heavy atom. The van der Waals surface area contributed by atoms with Crippen LogP contribution in [0, 0.1) is 24.7 Å². The first-order valence-corrected chi connectivity index (χ1v) is 12.8. The topological polar surface area (TPSA) is 52.6 Å². The Kier molecular flexibility index (Phi) is 14.8. The van der Waals surface area contributed by atoms with Gasteiger partial charge >= 0.3 is 11.9 Å². The third kappa shape index (κ3) is 11.7. The summed E-state index contributed by atoms with van der Waals surface area (Å²) in [6.07, 6.45) is 9.28. The van der Waals surface area contributed by atoms with E-state index >= 15 is 0 Å². The smallest absolute Gasteiger partial charge is 0.309 e. The van der Waals surface area contributed by atoms with Crippen molar-refractivity contribution >= 4 is 11.9 Å². The van der Waals surface area contributed by atoms with Gasteiger partial charge in [0.25, 0.3) is 0 Å². The van der Waals surface area contributed by atoms with Gasteiger partial charge in [-0.2, -0.15) is 0 Å². The molecule has 3 atom stereocenters. The van der Waals surface area contributed by atoms with Crippen LogP contribution in [0.5, 0.6) is 0 Å². The van der Waals surface area contributed by atoms with Gasteiger partial charge in [-0.15, -0.1) is 0 Å². The van der Waals surface area contributed by atoms with Gasteiger partial charge in [0.1, 0.15) is 0 Å². The zero-order valence-electron chi connectivity index (χ0n) is 21.2. The van der Waals surface area contributed by atoms with Crippen LogP contribution in [0.2, 0.25) is 0 Å². The molecule has 0 aliphatic rings. The Morgan fingerprint density at radius 1 is 0.812 bits per heavy atom. The van der Waals surface area contributed by atoms with Crippen LogP contribution in [0.1, 0.15) is 96.6 Å². The summed E-state index contributed by atoms with van der Waals surface area (Å²) in [5, 5.41) is 0. The normalized spacial score (nSPS) is 13.9. The molecule has 0 fully saturated rings. The fraction of sp³-hybridized carbons (Fsp3) is 0.714. The summed E-state index contributed by atoms with van der Waals surface area (Å²) >= 11 is 0. The zero-order valence-corrected chi connectivity index (χ0v) is 21.2. The second-order valence-corrected chi connectivity index (χ2v) is 9.24. The molecule has 0 saturated heterocycles. The van der Waals surface area contributed by atoms with Gasteiger partial charge in [0.05, 0.1) is 25.6 Å². The quantitative estimate of drug-likeness (QED) is 0.240. The van der Waals surface area contributed by atoms with E-state index < -0.39 is 5.92 Å². The van der Waals surface area contributed by atoms with Crippen molar-refractivity contribution in [1.29, 1.82) is 0 Å². The van der Waals surface area contributed by atoms with Crippen molar-refractivity contribution in [3.8, 4) is 0 Å². The van der Waals surface area contributed by atoms with Gasteiger partial charge in [0, 0.05) is 0 Å². The van der Waals surface area contributed by atoms with Crippen molar-refractivity contribution in [3.05, 3.63) is 35.4 Å². The molecule has 0 aliphatic heterocycles. The maximum atomic E-state index is 12.9. The summed E-state index contributed by atoms with van der Waals surface area (Å²) in [6.45, 7) is 11.5. The zero-order chi connectivity index (χ0) is 23.8. The maximum absolute atomic E-state index is 12.9. The molecule has 32 heavy (non-hydrogen) atoms. The standard InChI is InChI=1S/C28H46O4/c1-6-10-12-23(8-3)20-31-27(29)19-26(18-25-16-14-22(5)15-17-25)28(30)32-21-24(9-4)13-11-7-2/h14-17,23-24,26H,6-13,18-21H2,1-5H3. The first-order chi connectivity index (χ1) is 15.4. The van der Waals surface area contributed by atoms with Gasteiger partial charge in [-0.3, -0.25) is 9.59 Å². The summed E-state index contributed by atoms with van der Waals surface area (Å²) in [7, 11) is 0. The number of benzene rings is 1. The Bertz CT molecular complexity index is 637. The second-order valence-electron chi connectivity index (χ2n) is 9.24. The largest absolute Gasteiger partial charge is 0.465 e. The third-order valence-corrected chi connectivity index (χ3v) is 6.38. The summed E-state index contributed by atoms with van der Waals surface area (Å²) in [5.41, 5.74) is 2.21. The number of ether oxygens (including phenoxy) is 2. The molecule has 0 aromatic heterocycles. The minimum Gasteiger partial charge on any atom is -0.465 e. The molecular weight excluding hydrogens is 400 g/mol. The van der Waals surface area contributed by atoms with Crippen LogP contribution in [0.3, 0.4) is 0 Å². The Hall–Kier alpha value is -1.84. The van der Waals surface area contributed by atoms with Crippen molar-refractivity contribution in [2.24, 2.45) is 17.8 Å². The molecule has 1 aromatic carbocycles. The van der Waals surface area contributed by atoms with Crippen LogP contribution in [0.15, 0.2) is 24.3 Å². The van der Waals surface area contributed by atoms with Gasteiger partial charge in [0.2, 0.25) is 0 Å². The lowest BCUT2D eigenvalue weighted by Gasteiger charge is -2.20. The molecule has 0 spiro atoms. The van der Waals surface area contributed by atoms with E-state index in [9.17, 15) is 9.59 Å². The van der Waals surface area contributed by atoms with Crippen molar-refractivity contribution < 1.29 is 19.1 Å². The Labute approximate surface area is 196 Å². The number of esters is 2. The highest BCUT2D eigenvalue weighted by atomic mass is 16.5. The van der Waals surface area contributed by atoms with E-state index in [1.54, 1.807) is 0 Å². The van der Waals surface area contributed by atoms with Gasteiger partial charge in [-0.25, -0.2) is 0 Å². The number of hydrogen-bond donors (Lipinski definition) is 0. The van der Waals surface area contributed by atoms with Crippen LogP contribution in [0.25, 0.3) is 0 Å². The predicted molar refractivity (Wildman–Crippen MR) is 132 cm³/mol.